The Morgan fingerprint density at radius 1 is 0.967 bits per heavy atom. The number of fused-ring (bicyclic) bond motifs is 1. The van der Waals surface area contributed by atoms with Crippen LogP contribution in [0.3, 0.4) is 0 Å². The van der Waals surface area contributed by atoms with E-state index in [1.807, 2.05) is 0 Å². The van der Waals surface area contributed by atoms with E-state index < -0.39 is 0 Å². The van der Waals surface area contributed by atoms with E-state index >= 15 is 0 Å². The number of benzene rings is 2. The number of hydrogen-bond acceptors (Lipinski definition) is 6. The molecular formula is C22H20BrClN4OS. The van der Waals surface area contributed by atoms with Crippen LogP contribution in [0.1, 0.15) is 0 Å². The molecule has 0 radical (unpaired) electrons. The average molecular weight is 504 g/mol. The van der Waals surface area contributed by atoms with E-state index in [4.69, 9.17) is 4.74 Å². The summed E-state index contributed by atoms with van der Waals surface area (Å²) in [5, 5.41) is 6.69. The molecule has 2 aromatic heterocycles. The van der Waals surface area contributed by atoms with Gasteiger partial charge in [0.2, 0.25) is 0 Å². The molecule has 4 aromatic rings. The predicted molar refractivity (Wildman–Crippen MR) is 131 cm³/mol. The number of rotatable bonds is 4. The van der Waals surface area contributed by atoms with Gasteiger partial charge in [-0.25, -0.2) is 9.97 Å². The van der Waals surface area contributed by atoms with Crippen LogP contribution in [0, 0.1) is 0 Å². The molecule has 1 saturated heterocycles. The van der Waals surface area contributed by atoms with Gasteiger partial charge in [0, 0.05) is 39.9 Å². The van der Waals surface area contributed by atoms with E-state index in [1.165, 1.54) is 5.69 Å². The molecule has 3 heterocycles. The first-order valence-electron chi connectivity index (χ1n) is 9.46. The van der Waals surface area contributed by atoms with Crippen LogP contribution >= 0.6 is 39.7 Å². The molecule has 1 aliphatic rings. The van der Waals surface area contributed by atoms with Gasteiger partial charge in [0.1, 0.15) is 17.0 Å². The minimum absolute atomic E-state index is 0. The molecule has 30 heavy (non-hydrogen) atoms. The Bertz CT molecular complexity index is 1130. The monoisotopic (exact) mass is 502 g/mol. The Morgan fingerprint density at radius 2 is 1.70 bits per heavy atom. The highest BCUT2D eigenvalue weighted by Gasteiger charge is 2.14. The van der Waals surface area contributed by atoms with E-state index in [9.17, 15) is 0 Å². The number of morpholine rings is 1. The summed E-state index contributed by atoms with van der Waals surface area (Å²) in [5.41, 5.74) is 4.53. The maximum absolute atomic E-state index is 5.44. The second-order valence-corrected chi connectivity index (χ2v) is 8.60. The van der Waals surface area contributed by atoms with Gasteiger partial charge in [-0.2, -0.15) is 0 Å². The molecule has 0 unspecified atom stereocenters. The van der Waals surface area contributed by atoms with Crippen molar-refractivity contribution in [2.24, 2.45) is 0 Å². The van der Waals surface area contributed by atoms with Gasteiger partial charge in [-0.05, 0) is 42.0 Å². The molecule has 0 aliphatic carbocycles. The van der Waals surface area contributed by atoms with Crippen molar-refractivity contribution in [1.29, 1.82) is 0 Å². The van der Waals surface area contributed by atoms with Crippen LogP contribution < -0.4 is 10.2 Å². The Morgan fingerprint density at radius 3 is 2.43 bits per heavy atom. The third-order valence-corrected chi connectivity index (χ3v) is 6.45. The predicted octanol–water partition coefficient (Wildman–Crippen LogP) is 6.12. The molecule has 5 nitrogen and oxygen atoms in total. The van der Waals surface area contributed by atoms with Gasteiger partial charge >= 0.3 is 0 Å². The van der Waals surface area contributed by atoms with Gasteiger partial charge < -0.3 is 15.0 Å². The summed E-state index contributed by atoms with van der Waals surface area (Å²) >= 11 is 5.14. The molecule has 0 atom stereocenters. The minimum Gasteiger partial charge on any atom is -0.378 e. The highest BCUT2D eigenvalue weighted by Crippen LogP contribution is 2.37. The third-order valence-electron chi connectivity index (χ3n) is 5.03. The van der Waals surface area contributed by atoms with E-state index in [1.54, 1.807) is 17.7 Å². The standard InChI is InChI=1S/C22H19BrN4OS.ClH/c23-16-3-1-15(2-4-16)19-13-29-22-20(19)21(24-14-25-22)26-17-5-7-18(8-6-17)27-9-11-28-12-10-27;/h1-8,13-14H,9-12H2,(H,24,25,26);1H. The Balaban J connectivity index is 0.00000218. The van der Waals surface area contributed by atoms with Crippen LogP contribution in [0.5, 0.6) is 0 Å². The first kappa shape index (κ1) is 21.1. The SMILES string of the molecule is Brc1ccc(-c2csc3ncnc(Nc4ccc(N5CCOCC5)cc4)c23)cc1.Cl. The first-order valence-corrected chi connectivity index (χ1v) is 11.1. The van der Waals surface area contributed by atoms with Gasteiger partial charge in [-0.3, -0.25) is 0 Å². The molecule has 0 bridgehead atoms. The number of nitrogens with one attached hydrogen (secondary N) is 1. The highest BCUT2D eigenvalue weighted by molar-refractivity contribution is 9.10. The normalized spacial score (nSPS) is 13.8. The van der Waals surface area contributed by atoms with Crippen LogP contribution in [0.4, 0.5) is 17.2 Å². The lowest BCUT2D eigenvalue weighted by molar-refractivity contribution is 0.122. The van der Waals surface area contributed by atoms with Crippen LogP contribution in [0.25, 0.3) is 21.3 Å². The molecule has 0 saturated carbocycles. The molecule has 0 spiro atoms. The zero-order valence-electron chi connectivity index (χ0n) is 16.0. The van der Waals surface area contributed by atoms with Crippen molar-refractivity contribution in [2.45, 2.75) is 0 Å². The fraction of sp³-hybridized carbons (Fsp3) is 0.182. The Kier molecular flexibility index (Phi) is 6.53. The lowest BCUT2D eigenvalue weighted by atomic mass is 10.1. The number of hydrogen-bond donors (Lipinski definition) is 1. The van der Waals surface area contributed by atoms with Crippen LogP contribution in [-0.4, -0.2) is 36.3 Å². The van der Waals surface area contributed by atoms with E-state index in [0.717, 1.165) is 63.6 Å². The van der Waals surface area contributed by atoms with Crippen molar-refractivity contribution in [3.8, 4) is 11.1 Å². The van der Waals surface area contributed by atoms with Gasteiger partial charge in [0.05, 0.1) is 18.6 Å². The van der Waals surface area contributed by atoms with E-state index in [-0.39, 0.29) is 12.4 Å². The summed E-state index contributed by atoms with van der Waals surface area (Å²) in [7, 11) is 0. The van der Waals surface area contributed by atoms with Gasteiger partial charge in [-0.1, -0.05) is 28.1 Å². The molecule has 8 heteroatoms. The summed E-state index contributed by atoms with van der Waals surface area (Å²) in [6, 6.07) is 16.8. The van der Waals surface area contributed by atoms with Crippen molar-refractivity contribution >= 4 is 67.1 Å². The number of aromatic nitrogens is 2. The number of nitrogens with zero attached hydrogens (tertiary/aromatic N) is 3. The smallest absolute Gasteiger partial charge is 0.143 e. The van der Waals surface area contributed by atoms with E-state index in [2.05, 4.69) is 90.0 Å². The molecule has 5 rings (SSSR count). The summed E-state index contributed by atoms with van der Waals surface area (Å²) in [5.74, 6) is 0.827. The fourth-order valence-electron chi connectivity index (χ4n) is 3.53. The summed E-state index contributed by atoms with van der Waals surface area (Å²) in [6.45, 7) is 3.45. The average Bonchev–Trinajstić information content (AvgIpc) is 3.21. The molecule has 2 aromatic carbocycles. The first-order chi connectivity index (χ1) is 14.3. The van der Waals surface area contributed by atoms with Crippen LogP contribution in [0.2, 0.25) is 0 Å². The number of halogens is 2. The minimum atomic E-state index is 0. The fourth-order valence-corrected chi connectivity index (χ4v) is 4.71. The van der Waals surface area contributed by atoms with Crippen molar-refractivity contribution in [2.75, 3.05) is 36.5 Å². The quantitative estimate of drug-likeness (QED) is 0.363. The van der Waals surface area contributed by atoms with Gasteiger partial charge in [0.25, 0.3) is 0 Å². The zero-order valence-corrected chi connectivity index (χ0v) is 19.3. The maximum atomic E-state index is 5.44. The molecule has 1 aliphatic heterocycles. The molecule has 154 valence electrons. The number of thiophene rings is 1. The second kappa shape index (κ2) is 9.31. The van der Waals surface area contributed by atoms with Crippen LogP contribution in [-0.2, 0) is 4.74 Å². The molecule has 0 amide bonds. The van der Waals surface area contributed by atoms with Crippen molar-refractivity contribution < 1.29 is 4.74 Å². The second-order valence-electron chi connectivity index (χ2n) is 6.83. The van der Waals surface area contributed by atoms with Gasteiger partial charge in [-0.15, -0.1) is 23.7 Å². The molecular weight excluding hydrogens is 484 g/mol. The Labute approximate surface area is 193 Å². The topological polar surface area (TPSA) is 50.3 Å². The lowest BCUT2D eigenvalue weighted by Crippen LogP contribution is -2.36. The van der Waals surface area contributed by atoms with Crippen LogP contribution in [0.15, 0.2) is 64.7 Å². The number of ether oxygens (including phenoxy) is 1. The van der Waals surface area contributed by atoms with Gasteiger partial charge in [0.15, 0.2) is 0 Å². The maximum Gasteiger partial charge on any atom is 0.143 e. The summed E-state index contributed by atoms with van der Waals surface area (Å²) < 4.78 is 6.51. The summed E-state index contributed by atoms with van der Waals surface area (Å²) in [6.07, 6.45) is 1.62. The largest absolute Gasteiger partial charge is 0.378 e. The third kappa shape index (κ3) is 4.30. The van der Waals surface area contributed by atoms with Crippen molar-refractivity contribution in [1.82, 2.24) is 9.97 Å². The van der Waals surface area contributed by atoms with E-state index in [0.29, 0.717) is 0 Å². The lowest BCUT2D eigenvalue weighted by Gasteiger charge is -2.28. The Hall–Kier alpha value is -2.19. The van der Waals surface area contributed by atoms with Crippen molar-refractivity contribution in [3.63, 3.8) is 0 Å². The molecule has 1 N–H and O–H groups in total. The zero-order chi connectivity index (χ0) is 19.6. The summed E-state index contributed by atoms with van der Waals surface area (Å²) in [4.78, 5) is 12.3. The van der Waals surface area contributed by atoms with Crippen molar-refractivity contribution in [3.05, 3.63) is 64.7 Å². The number of anilines is 3. The molecule has 1 fully saturated rings. The highest BCUT2D eigenvalue weighted by atomic mass is 79.9.